The lowest BCUT2D eigenvalue weighted by molar-refractivity contribution is -0.906. The number of carbonyl (C=O) groups is 1. The molecule has 1 amide bonds. The lowest BCUT2D eigenvalue weighted by atomic mass is 10.1. The van der Waals surface area contributed by atoms with Crippen LogP contribution >= 0.6 is 0 Å². The van der Waals surface area contributed by atoms with Crippen molar-refractivity contribution in [1.29, 1.82) is 0 Å². The van der Waals surface area contributed by atoms with Crippen LogP contribution in [0.4, 0.5) is 5.69 Å². The zero-order chi connectivity index (χ0) is 13.9. The molecule has 20 heavy (non-hydrogen) atoms. The molecule has 0 unspecified atom stereocenters. The third-order valence-electron chi connectivity index (χ3n) is 4.17. The number of hydrogen-bond donors (Lipinski definition) is 1. The molecule has 1 aromatic rings. The van der Waals surface area contributed by atoms with Crippen molar-refractivity contribution in [2.24, 2.45) is 0 Å². The van der Waals surface area contributed by atoms with Crippen LogP contribution in [0.1, 0.15) is 30.4 Å². The first-order valence-corrected chi connectivity index (χ1v) is 7.20. The maximum Gasteiger partial charge on any atom is 0.279 e. The summed E-state index contributed by atoms with van der Waals surface area (Å²) < 4.78 is 0.886. The fraction of sp³-hybridized carbons (Fsp3) is 0.562. The van der Waals surface area contributed by atoms with Crippen LogP contribution in [0.2, 0.25) is 0 Å². The number of halogens is 1. The van der Waals surface area contributed by atoms with Gasteiger partial charge in [-0.15, -0.1) is 0 Å². The normalized spacial score (nSPS) is 17.1. The molecule has 0 spiro atoms. The summed E-state index contributed by atoms with van der Waals surface area (Å²) in [6, 6.07) is 6.11. The molecule has 1 N–H and O–H groups in total. The predicted molar refractivity (Wildman–Crippen MR) is 79.2 cm³/mol. The molecule has 1 aromatic carbocycles. The number of benzene rings is 1. The van der Waals surface area contributed by atoms with Gasteiger partial charge in [-0.05, 0) is 44.2 Å². The monoisotopic (exact) mass is 296 g/mol. The molecule has 1 heterocycles. The quantitative estimate of drug-likeness (QED) is 0.774. The third kappa shape index (κ3) is 4.22. The summed E-state index contributed by atoms with van der Waals surface area (Å²) in [5.41, 5.74) is 3.25. The molecule has 3 nitrogen and oxygen atoms in total. The number of likely N-dealkylation sites (tertiary alicyclic amines) is 1. The van der Waals surface area contributed by atoms with E-state index in [9.17, 15) is 4.79 Å². The highest BCUT2D eigenvalue weighted by molar-refractivity contribution is 5.93. The molecule has 0 aromatic heterocycles. The van der Waals surface area contributed by atoms with Crippen LogP contribution in [-0.4, -0.2) is 37.1 Å². The van der Waals surface area contributed by atoms with Gasteiger partial charge in [-0.25, -0.2) is 0 Å². The van der Waals surface area contributed by atoms with Crippen molar-refractivity contribution in [2.75, 3.05) is 32.0 Å². The zero-order valence-electron chi connectivity index (χ0n) is 12.7. The summed E-state index contributed by atoms with van der Waals surface area (Å²) in [7, 11) is 2.20. The van der Waals surface area contributed by atoms with Crippen molar-refractivity contribution < 1.29 is 21.7 Å². The largest absolute Gasteiger partial charge is 1.00 e. The Hall–Kier alpha value is -1.06. The number of para-hydroxylation sites is 1. The minimum absolute atomic E-state index is 0. The molecule has 112 valence electrons. The molecule has 0 aliphatic carbocycles. The van der Waals surface area contributed by atoms with Gasteiger partial charge in [0.1, 0.15) is 0 Å². The predicted octanol–water partition coefficient (Wildman–Crippen LogP) is -0.124. The van der Waals surface area contributed by atoms with Crippen LogP contribution in [0.15, 0.2) is 18.2 Å². The van der Waals surface area contributed by atoms with E-state index in [2.05, 4.69) is 12.4 Å². The number of nitrogens with one attached hydrogen (secondary N) is 1. The number of carbonyl (C=O) groups excluding carboxylic acids is 1. The Balaban J connectivity index is 0.00000200. The number of hydrogen-bond acceptors (Lipinski definition) is 1. The lowest BCUT2D eigenvalue weighted by Gasteiger charge is -2.37. The highest BCUT2D eigenvalue weighted by atomic mass is 35.5. The Morgan fingerprint density at radius 3 is 2.25 bits per heavy atom. The summed E-state index contributed by atoms with van der Waals surface area (Å²) in [5, 5.41) is 3.10. The maximum atomic E-state index is 12.3. The molecule has 4 heteroatoms. The molecule has 1 aliphatic heterocycles. The van der Waals surface area contributed by atoms with Crippen LogP contribution in [0.5, 0.6) is 0 Å². The molecule has 1 fully saturated rings. The summed E-state index contributed by atoms with van der Waals surface area (Å²) in [5.74, 6) is 0.141. The molecule has 0 bridgehead atoms. The number of aryl methyl sites for hydroxylation is 2. The minimum Gasteiger partial charge on any atom is -1.00 e. The zero-order valence-corrected chi connectivity index (χ0v) is 13.5. The van der Waals surface area contributed by atoms with Crippen LogP contribution in [0.3, 0.4) is 0 Å². The number of piperidine rings is 1. The van der Waals surface area contributed by atoms with E-state index in [1.165, 1.54) is 19.3 Å². The van der Waals surface area contributed by atoms with E-state index in [-0.39, 0.29) is 18.3 Å². The van der Waals surface area contributed by atoms with Gasteiger partial charge >= 0.3 is 0 Å². The second-order valence-electron chi connectivity index (χ2n) is 6.10. The Kier molecular flexibility index (Phi) is 6.03. The number of amides is 1. The van der Waals surface area contributed by atoms with Gasteiger partial charge in [0.2, 0.25) is 0 Å². The van der Waals surface area contributed by atoms with Gasteiger partial charge in [0.25, 0.3) is 5.91 Å². The van der Waals surface area contributed by atoms with Gasteiger partial charge in [0.15, 0.2) is 6.54 Å². The van der Waals surface area contributed by atoms with Crippen molar-refractivity contribution in [3.05, 3.63) is 29.3 Å². The Bertz CT molecular complexity index is 447. The molecular weight excluding hydrogens is 272 g/mol. The second kappa shape index (κ2) is 7.09. The third-order valence-corrected chi connectivity index (χ3v) is 4.17. The highest BCUT2D eigenvalue weighted by Crippen LogP contribution is 2.20. The van der Waals surface area contributed by atoms with E-state index in [1.54, 1.807) is 0 Å². The van der Waals surface area contributed by atoms with Crippen molar-refractivity contribution in [3.8, 4) is 0 Å². The lowest BCUT2D eigenvalue weighted by Crippen LogP contribution is -3.00. The summed E-state index contributed by atoms with van der Waals surface area (Å²) >= 11 is 0. The molecule has 1 aliphatic rings. The van der Waals surface area contributed by atoms with E-state index >= 15 is 0 Å². The number of quaternary nitrogens is 1. The van der Waals surface area contributed by atoms with E-state index < -0.39 is 0 Å². The first-order valence-electron chi connectivity index (χ1n) is 7.20. The Morgan fingerprint density at radius 1 is 1.15 bits per heavy atom. The van der Waals surface area contributed by atoms with Gasteiger partial charge in [-0.3, -0.25) is 4.79 Å². The highest BCUT2D eigenvalue weighted by Gasteiger charge is 2.27. The van der Waals surface area contributed by atoms with Gasteiger partial charge in [0.05, 0.1) is 20.1 Å². The number of anilines is 1. The van der Waals surface area contributed by atoms with Crippen molar-refractivity contribution >= 4 is 11.6 Å². The SMILES string of the molecule is Cc1cccc(C)c1NC(=O)C[N+]1(C)CCCCC1.[Cl-]. The van der Waals surface area contributed by atoms with Crippen molar-refractivity contribution in [1.82, 2.24) is 0 Å². The molecule has 0 saturated carbocycles. The van der Waals surface area contributed by atoms with Crippen LogP contribution in [0, 0.1) is 13.8 Å². The van der Waals surface area contributed by atoms with E-state index in [4.69, 9.17) is 0 Å². The standard InChI is InChI=1S/C16H24N2O.ClH/c1-13-8-7-9-14(2)16(13)17-15(19)12-18(3)10-5-4-6-11-18;/h7-9H,4-6,10-12H2,1-3H3;1H. The first-order chi connectivity index (χ1) is 9.00. The van der Waals surface area contributed by atoms with Crippen LogP contribution < -0.4 is 17.7 Å². The van der Waals surface area contributed by atoms with E-state index in [1.807, 2.05) is 32.0 Å². The second-order valence-corrected chi connectivity index (χ2v) is 6.10. The fourth-order valence-electron chi connectivity index (χ4n) is 2.97. The molecule has 2 rings (SSSR count). The topological polar surface area (TPSA) is 29.1 Å². The van der Waals surface area contributed by atoms with E-state index in [0.717, 1.165) is 34.4 Å². The first kappa shape index (κ1) is 17.0. The maximum absolute atomic E-state index is 12.3. The summed E-state index contributed by atoms with van der Waals surface area (Å²) in [6.07, 6.45) is 3.80. The summed E-state index contributed by atoms with van der Waals surface area (Å²) in [6.45, 7) is 6.92. The Morgan fingerprint density at radius 2 is 1.70 bits per heavy atom. The fourth-order valence-corrected chi connectivity index (χ4v) is 2.97. The van der Waals surface area contributed by atoms with E-state index in [0.29, 0.717) is 6.54 Å². The average molecular weight is 297 g/mol. The van der Waals surface area contributed by atoms with Gasteiger partial charge in [0, 0.05) is 5.69 Å². The molecule has 0 radical (unpaired) electrons. The molecule has 1 saturated heterocycles. The molecular formula is C16H25ClN2O. The molecule has 0 atom stereocenters. The minimum atomic E-state index is 0. The number of rotatable bonds is 3. The van der Waals surface area contributed by atoms with Gasteiger partial charge in [-0.2, -0.15) is 0 Å². The van der Waals surface area contributed by atoms with Gasteiger partial charge < -0.3 is 22.2 Å². The average Bonchev–Trinajstić information content (AvgIpc) is 2.34. The van der Waals surface area contributed by atoms with Crippen LogP contribution in [-0.2, 0) is 4.79 Å². The number of nitrogens with zero attached hydrogens (tertiary/aromatic N) is 1. The number of likely N-dealkylation sites (N-methyl/N-ethyl adjacent to an activating group) is 1. The van der Waals surface area contributed by atoms with Crippen LogP contribution in [0.25, 0.3) is 0 Å². The van der Waals surface area contributed by atoms with Crippen molar-refractivity contribution in [3.63, 3.8) is 0 Å². The summed E-state index contributed by atoms with van der Waals surface area (Å²) in [4.78, 5) is 12.3. The smallest absolute Gasteiger partial charge is 0.279 e. The van der Waals surface area contributed by atoms with Gasteiger partial charge in [-0.1, -0.05) is 18.2 Å². The van der Waals surface area contributed by atoms with Crippen molar-refractivity contribution in [2.45, 2.75) is 33.1 Å². The Labute approximate surface area is 128 Å².